The molecule has 0 aliphatic heterocycles. The van der Waals surface area contributed by atoms with E-state index >= 15 is 0 Å². The van der Waals surface area contributed by atoms with Crippen molar-refractivity contribution in [2.24, 2.45) is 5.92 Å². The first-order valence-electron chi connectivity index (χ1n) is 7.22. The second-order valence-electron chi connectivity index (χ2n) is 5.98. The second kappa shape index (κ2) is 5.26. The third kappa shape index (κ3) is 2.60. The van der Waals surface area contributed by atoms with E-state index in [0.717, 1.165) is 23.2 Å². The standard InChI is InChI=1S/C15H18N2O3S/c1-7-5-8(2)13-9(6-7)12-14(20)16-10(3-4-11(18)19)17-15(12)21-13/h7-8H,3-6H2,1-2H3,(H,18,19)(H,16,17,20). The zero-order valence-corrected chi connectivity index (χ0v) is 12.9. The summed E-state index contributed by atoms with van der Waals surface area (Å²) in [5, 5.41) is 9.45. The molecule has 2 unspecified atom stereocenters. The van der Waals surface area contributed by atoms with Gasteiger partial charge in [0, 0.05) is 11.3 Å². The molecule has 112 valence electrons. The van der Waals surface area contributed by atoms with Gasteiger partial charge in [0.15, 0.2) is 0 Å². The average Bonchev–Trinajstić information content (AvgIpc) is 2.75. The largest absolute Gasteiger partial charge is 0.481 e. The second-order valence-corrected chi connectivity index (χ2v) is 7.01. The molecular weight excluding hydrogens is 288 g/mol. The van der Waals surface area contributed by atoms with Gasteiger partial charge in [-0.25, -0.2) is 4.98 Å². The summed E-state index contributed by atoms with van der Waals surface area (Å²) in [6, 6.07) is 0. The molecule has 3 rings (SSSR count). The van der Waals surface area contributed by atoms with Crippen molar-refractivity contribution in [3.63, 3.8) is 0 Å². The lowest BCUT2D eigenvalue weighted by Crippen LogP contribution is -2.17. The summed E-state index contributed by atoms with van der Waals surface area (Å²) in [4.78, 5) is 32.2. The van der Waals surface area contributed by atoms with Crippen LogP contribution in [0.1, 0.15) is 48.9 Å². The van der Waals surface area contributed by atoms with Crippen LogP contribution in [0.2, 0.25) is 0 Å². The number of hydrogen-bond acceptors (Lipinski definition) is 4. The van der Waals surface area contributed by atoms with Crippen molar-refractivity contribution in [2.45, 2.75) is 45.4 Å². The van der Waals surface area contributed by atoms with E-state index in [0.29, 0.717) is 23.0 Å². The molecule has 2 aromatic heterocycles. The van der Waals surface area contributed by atoms with Crippen molar-refractivity contribution in [1.82, 2.24) is 9.97 Å². The highest BCUT2D eigenvalue weighted by molar-refractivity contribution is 7.18. The molecule has 21 heavy (non-hydrogen) atoms. The number of carboxylic acids is 1. The number of fused-ring (bicyclic) bond motifs is 3. The van der Waals surface area contributed by atoms with E-state index in [1.807, 2.05) is 0 Å². The van der Waals surface area contributed by atoms with Crippen LogP contribution in [0.25, 0.3) is 10.2 Å². The Morgan fingerprint density at radius 2 is 2.24 bits per heavy atom. The summed E-state index contributed by atoms with van der Waals surface area (Å²) in [6.07, 6.45) is 2.31. The average molecular weight is 306 g/mol. The Bertz CT molecular complexity index is 762. The van der Waals surface area contributed by atoms with Crippen molar-refractivity contribution in [2.75, 3.05) is 0 Å². The molecule has 2 heterocycles. The van der Waals surface area contributed by atoms with E-state index in [2.05, 4.69) is 23.8 Å². The predicted molar refractivity (Wildman–Crippen MR) is 82.1 cm³/mol. The molecule has 0 fully saturated rings. The van der Waals surface area contributed by atoms with Crippen LogP contribution < -0.4 is 5.56 Å². The van der Waals surface area contributed by atoms with Crippen LogP contribution in [-0.2, 0) is 17.6 Å². The van der Waals surface area contributed by atoms with E-state index in [4.69, 9.17) is 5.11 Å². The Kier molecular flexibility index (Phi) is 3.57. The number of H-pyrrole nitrogens is 1. The van der Waals surface area contributed by atoms with Gasteiger partial charge < -0.3 is 10.1 Å². The molecule has 0 radical (unpaired) electrons. The molecule has 0 saturated heterocycles. The lowest BCUT2D eigenvalue weighted by atomic mass is 9.83. The number of hydrogen-bond donors (Lipinski definition) is 2. The molecule has 2 aromatic rings. The fraction of sp³-hybridized carbons (Fsp3) is 0.533. The Hall–Kier alpha value is -1.69. The van der Waals surface area contributed by atoms with Gasteiger partial charge in [-0.05, 0) is 30.2 Å². The molecule has 2 atom stereocenters. The van der Waals surface area contributed by atoms with Gasteiger partial charge in [0.1, 0.15) is 10.7 Å². The minimum absolute atomic E-state index is 0.0209. The molecule has 0 aromatic carbocycles. The molecule has 0 amide bonds. The topological polar surface area (TPSA) is 83.0 Å². The summed E-state index contributed by atoms with van der Waals surface area (Å²) in [6.45, 7) is 4.41. The molecule has 1 aliphatic rings. The van der Waals surface area contributed by atoms with E-state index in [1.165, 1.54) is 4.88 Å². The van der Waals surface area contributed by atoms with Gasteiger partial charge in [0.25, 0.3) is 5.56 Å². The lowest BCUT2D eigenvalue weighted by Gasteiger charge is -2.23. The van der Waals surface area contributed by atoms with Gasteiger partial charge in [-0.3, -0.25) is 9.59 Å². The minimum atomic E-state index is -0.884. The number of thiophene rings is 1. The maximum absolute atomic E-state index is 12.4. The van der Waals surface area contributed by atoms with Crippen molar-refractivity contribution in [1.29, 1.82) is 0 Å². The molecule has 2 N–H and O–H groups in total. The van der Waals surface area contributed by atoms with Crippen LogP contribution in [0.3, 0.4) is 0 Å². The van der Waals surface area contributed by atoms with Crippen LogP contribution in [0.4, 0.5) is 0 Å². The van der Waals surface area contributed by atoms with Crippen molar-refractivity contribution in [3.05, 3.63) is 26.6 Å². The number of nitrogens with one attached hydrogen (secondary N) is 1. The third-order valence-electron chi connectivity index (χ3n) is 4.07. The number of rotatable bonds is 3. The number of carboxylic acid groups (broad SMARTS) is 1. The van der Waals surface area contributed by atoms with E-state index in [1.54, 1.807) is 11.3 Å². The van der Waals surface area contributed by atoms with Gasteiger partial charge in [-0.2, -0.15) is 0 Å². The Balaban J connectivity index is 2.09. The highest BCUT2D eigenvalue weighted by Crippen LogP contribution is 2.42. The summed E-state index contributed by atoms with van der Waals surface area (Å²) in [5.41, 5.74) is 1.03. The van der Waals surface area contributed by atoms with Gasteiger partial charge in [0.05, 0.1) is 11.8 Å². The van der Waals surface area contributed by atoms with Crippen molar-refractivity contribution < 1.29 is 9.90 Å². The Morgan fingerprint density at radius 1 is 1.48 bits per heavy atom. The number of aryl methyl sites for hydroxylation is 1. The molecular formula is C15H18N2O3S. The van der Waals surface area contributed by atoms with Crippen LogP contribution >= 0.6 is 11.3 Å². The smallest absolute Gasteiger partial charge is 0.303 e. The molecule has 6 heteroatoms. The fourth-order valence-corrected chi connectivity index (χ4v) is 4.50. The molecule has 5 nitrogen and oxygen atoms in total. The monoisotopic (exact) mass is 306 g/mol. The number of aliphatic carboxylic acids is 1. The zero-order chi connectivity index (χ0) is 15.1. The highest BCUT2D eigenvalue weighted by atomic mass is 32.1. The van der Waals surface area contributed by atoms with Gasteiger partial charge in [0.2, 0.25) is 0 Å². The van der Waals surface area contributed by atoms with Gasteiger partial charge in [-0.1, -0.05) is 13.8 Å². The lowest BCUT2D eigenvalue weighted by molar-refractivity contribution is -0.137. The Labute approximate surface area is 126 Å². The summed E-state index contributed by atoms with van der Waals surface area (Å²) in [5.74, 6) is 0.626. The SMILES string of the molecule is CC1Cc2c(sc3nc(CCC(=O)O)[nH]c(=O)c23)C(C)C1. The van der Waals surface area contributed by atoms with Gasteiger partial charge >= 0.3 is 5.97 Å². The van der Waals surface area contributed by atoms with Crippen molar-refractivity contribution in [3.8, 4) is 0 Å². The summed E-state index contributed by atoms with van der Waals surface area (Å²) in [7, 11) is 0. The first kappa shape index (κ1) is 14.3. The van der Waals surface area contributed by atoms with Crippen molar-refractivity contribution >= 4 is 27.5 Å². The summed E-state index contributed by atoms with van der Waals surface area (Å²) < 4.78 is 0. The maximum atomic E-state index is 12.4. The van der Waals surface area contributed by atoms with E-state index in [9.17, 15) is 9.59 Å². The number of carbonyl (C=O) groups is 1. The van der Waals surface area contributed by atoms with Crippen LogP contribution in [0, 0.1) is 5.92 Å². The summed E-state index contributed by atoms with van der Waals surface area (Å²) >= 11 is 1.59. The Morgan fingerprint density at radius 3 is 2.95 bits per heavy atom. The van der Waals surface area contributed by atoms with E-state index < -0.39 is 5.97 Å². The fourth-order valence-electron chi connectivity index (χ4n) is 3.21. The molecule has 0 saturated carbocycles. The quantitative estimate of drug-likeness (QED) is 0.913. The minimum Gasteiger partial charge on any atom is -0.481 e. The normalized spacial score (nSPS) is 21.4. The third-order valence-corrected chi connectivity index (χ3v) is 5.43. The van der Waals surface area contributed by atoms with Crippen LogP contribution in [0.5, 0.6) is 0 Å². The van der Waals surface area contributed by atoms with E-state index in [-0.39, 0.29) is 18.4 Å². The molecule has 0 bridgehead atoms. The molecule has 0 spiro atoms. The number of aromatic nitrogens is 2. The first-order valence-corrected chi connectivity index (χ1v) is 8.03. The predicted octanol–water partition coefficient (Wildman–Crippen LogP) is 2.69. The molecule has 1 aliphatic carbocycles. The number of nitrogens with zero attached hydrogens (tertiary/aromatic N) is 1. The first-order chi connectivity index (χ1) is 9.95. The maximum Gasteiger partial charge on any atom is 0.303 e. The highest BCUT2D eigenvalue weighted by Gasteiger charge is 2.27. The van der Waals surface area contributed by atoms with Gasteiger partial charge in [-0.15, -0.1) is 11.3 Å². The zero-order valence-electron chi connectivity index (χ0n) is 12.1. The van der Waals surface area contributed by atoms with Crippen LogP contribution in [-0.4, -0.2) is 21.0 Å². The van der Waals surface area contributed by atoms with Crippen LogP contribution in [0.15, 0.2) is 4.79 Å². The number of aromatic amines is 1.